The van der Waals surface area contributed by atoms with E-state index in [0.29, 0.717) is 17.1 Å². The molecule has 1 heterocycles. The molecule has 1 aromatic heterocycles. The van der Waals surface area contributed by atoms with Crippen LogP contribution in [-0.4, -0.2) is 15.2 Å². The van der Waals surface area contributed by atoms with E-state index < -0.39 is 5.82 Å². The predicted octanol–water partition coefficient (Wildman–Crippen LogP) is 3.30. The topological polar surface area (TPSA) is 63.8 Å². The van der Waals surface area contributed by atoms with E-state index in [1.54, 1.807) is 6.07 Å². The van der Waals surface area contributed by atoms with Crippen LogP contribution in [0, 0.1) is 5.82 Å². The van der Waals surface area contributed by atoms with Gasteiger partial charge in [0.2, 0.25) is 0 Å². The highest BCUT2D eigenvalue weighted by Gasteiger charge is 2.13. The predicted molar refractivity (Wildman–Crippen MR) is 77.6 cm³/mol. The second kappa shape index (κ2) is 5.64. The lowest BCUT2D eigenvalue weighted by atomic mass is 10.2. The fourth-order valence-electron chi connectivity index (χ4n) is 1.40. The summed E-state index contributed by atoms with van der Waals surface area (Å²) in [5.41, 5.74) is 6.36. The maximum absolute atomic E-state index is 13.1. The number of hydrogen-bond acceptors (Lipinski definition) is 4. The number of nitrogens with one attached hydrogen (secondary N) is 1. The van der Waals surface area contributed by atoms with Gasteiger partial charge in [0, 0.05) is 0 Å². The second-order valence-corrected chi connectivity index (χ2v) is 4.78. The molecule has 0 unspecified atom stereocenters. The summed E-state index contributed by atoms with van der Waals surface area (Å²) in [4.78, 5) is 0.145. The lowest BCUT2D eigenvalue weighted by Gasteiger charge is -2.12. The van der Waals surface area contributed by atoms with Crippen LogP contribution in [0.25, 0.3) is 0 Å². The van der Waals surface area contributed by atoms with E-state index in [9.17, 15) is 4.39 Å². The summed E-state index contributed by atoms with van der Waals surface area (Å²) >= 11 is 16.7. The van der Waals surface area contributed by atoms with Gasteiger partial charge in [-0.15, -0.1) is 5.10 Å². The van der Waals surface area contributed by atoms with Crippen LogP contribution in [0.4, 0.5) is 15.9 Å². The third kappa shape index (κ3) is 3.09. The summed E-state index contributed by atoms with van der Waals surface area (Å²) < 4.78 is 13.1. The third-order valence-corrected chi connectivity index (χ3v) is 3.05. The molecule has 0 saturated carbocycles. The maximum atomic E-state index is 13.1. The molecule has 0 spiro atoms. The van der Waals surface area contributed by atoms with Gasteiger partial charge < -0.3 is 11.1 Å². The molecule has 0 bridgehead atoms. The third-order valence-electron chi connectivity index (χ3n) is 2.24. The Bertz CT molecular complexity index is 627. The SMILES string of the molecule is NC(=S)c1ccnnc1Nc1c(Cl)cc(F)cc1Cl. The van der Waals surface area contributed by atoms with Crippen molar-refractivity contribution in [2.24, 2.45) is 5.73 Å². The molecule has 0 saturated heterocycles. The normalized spacial score (nSPS) is 10.3. The summed E-state index contributed by atoms with van der Waals surface area (Å²) in [5.74, 6) is -0.236. The molecule has 8 heteroatoms. The molecule has 0 radical (unpaired) electrons. The Morgan fingerprint density at radius 1 is 1.32 bits per heavy atom. The van der Waals surface area contributed by atoms with E-state index in [4.69, 9.17) is 41.2 Å². The molecule has 2 aromatic rings. The first kappa shape index (κ1) is 13.9. The summed E-state index contributed by atoms with van der Waals surface area (Å²) in [6.07, 6.45) is 1.45. The van der Waals surface area contributed by atoms with E-state index in [1.807, 2.05) is 0 Å². The van der Waals surface area contributed by atoms with E-state index in [-0.39, 0.29) is 15.0 Å². The minimum atomic E-state index is -0.533. The smallest absolute Gasteiger partial charge is 0.163 e. The number of anilines is 2. The average molecular weight is 317 g/mol. The molecule has 1 aromatic carbocycles. The van der Waals surface area contributed by atoms with Crippen LogP contribution in [0.1, 0.15) is 5.56 Å². The Morgan fingerprint density at radius 2 is 1.95 bits per heavy atom. The molecule has 3 N–H and O–H groups in total. The fourth-order valence-corrected chi connectivity index (χ4v) is 2.12. The van der Waals surface area contributed by atoms with Gasteiger partial charge in [-0.1, -0.05) is 35.4 Å². The van der Waals surface area contributed by atoms with Gasteiger partial charge in [-0.2, -0.15) is 5.10 Å². The van der Waals surface area contributed by atoms with Crippen molar-refractivity contribution < 1.29 is 4.39 Å². The molecular formula is C11H7Cl2FN4S. The van der Waals surface area contributed by atoms with Gasteiger partial charge in [-0.05, 0) is 18.2 Å². The number of hydrogen-bond donors (Lipinski definition) is 2. The number of aromatic nitrogens is 2. The van der Waals surface area contributed by atoms with Gasteiger partial charge in [0.25, 0.3) is 0 Å². The maximum Gasteiger partial charge on any atom is 0.163 e. The van der Waals surface area contributed by atoms with Crippen LogP contribution < -0.4 is 11.1 Å². The number of rotatable bonds is 3. The Morgan fingerprint density at radius 3 is 2.53 bits per heavy atom. The first-order valence-electron chi connectivity index (χ1n) is 5.02. The molecule has 0 fully saturated rings. The molecule has 98 valence electrons. The number of thiocarbonyl (C=S) groups is 1. The second-order valence-electron chi connectivity index (χ2n) is 3.53. The number of nitrogens with zero attached hydrogens (tertiary/aromatic N) is 2. The summed E-state index contributed by atoms with van der Waals surface area (Å²) in [7, 11) is 0. The molecule has 0 aliphatic heterocycles. The van der Waals surface area contributed by atoms with Gasteiger partial charge in [-0.3, -0.25) is 0 Å². The van der Waals surface area contributed by atoms with Crippen molar-refractivity contribution in [2.45, 2.75) is 0 Å². The van der Waals surface area contributed by atoms with E-state index in [0.717, 1.165) is 12.1 Å². The summed E-state index contributed by atoms with van der Waals surface area (Å²) in [6, 6.07) is 3.86. The monoisotopic (exact) mass is 316 g/mol. The summed E-state index contributed by atoms with van der Waals surface area (Å²) in [5, 5.41) is 10.6. The van der Waals surface area contributed by atoms with Crippen molar-refractivity contribution in [3.8, 4) is 0 Å². The first-order chi connectivity index (χ1) is 8.99. The van der Waals surface area contributed by atoms with Gasteiger partial charge in [0.05, 0.1) is 27.5 Å². The van der Waals surface area contributed by atoms with Crippen LogP contribution in [0.2, 0.25) is 10.0 Å². The lowest BCUT2D eigenvalue weighted by Crippen LogP contribution is -2.13. The van der Waals surface area contributed by atoms with Gasteiger partial charge in [0.15, 0.2) is 5.82 Å². The van der Waals surface area contributed by atoms with Crippen molar-refractivity contribution in [2.75, 3.05) is 5.32 Å². The molecule has 19 heavy (non-hydrogen) atoms. The van der Waals surface area contributed by atoms with Crippen LogP contribution in [0.15, 0.2) is 24.4 Å². The molecule has 0 aliphatic carbocycles. The van der Waals surface area contributed by atoms with Crippen LogP contribution in [-0.2, 0) is 0 Å². The lowest BCUT2D eigenvalue weighted by molar-refractivity contribution is 0.628. The van der Waals surface area contributed by atoms with Crippen molar-refractivity contribution in [3.05, 3.63) is 45.8 Å². The first-order valence-corrected chi connectivity index (χ1v) is 6.18. The van der Waals surface area contributed by atoms with Crippen molar-refractivity contribution in [1.29, 1.82) is 0 Å². The highest BCUT2D eigenvalue weighted by Crippen LogP contribution is 2.33. The molecule has 0 amide bonds. The van der Waals surface area contributed by atoms with Gasteiger partial charge in [-0.25, -0.2) is 4.39 Å². The largest absolute Gasteiger partial charge is 0.389 e. The number of halogens is 3. The highest BCUT2D eigenvalue weighted by molar-refractivity contribution is 7.80. The van der Waals surface area contributed by atoms with Crippen LogP contribution in [0.5, 0.6) is 0 Å². The van der Waals surface area contributed by atoms with Crippen molar-refractivity contribution in [3.63, 3.8) is 0 Å². The Hall–Kier alpha value is -1.50. The molecule has 0 atom stereocenters. The van der Waals surface area contributed by atoms with Crippen LogP contribution >= 0.6 is 35.4 Å². The van der Waals surface area contributed by atoms with Gasteiger partial charge in [0.1, 0.15) is 10.8 Å². The minimum absolute atomic E-state index is 0.115. The van der Waals surface area contributed by atoms with Crippen molar-refractivity contribution in [1.82, 2.24) is 10.2 Å². The molecule has 2 rings (SSSR count). The van der Waals surface area contributed by atoms with E-state index in [1.165, 1.54) is 6.20 Å². The zero-order chi connectivity index (χ0) is 14.0. The number of nitrogens with two attached hydrogens (primary N) is 1. The zero-order valence-corrected chi connectivity index (χ0v) is 11.7. The molecule has 0 aliphatic rings. The van der Waals surface area contributed by atoms with E-state index in [2.05, 4.69) is 15.5 Å². The Labute approximate surface area is 123 Å². The molecular weight excluding hydrogens is 310 g/mol. The van der Waals surface area contributed by atoms with E-state index >= 15 is 0 Å². The highest BCUT2D eigenvalue weighted by atomic mass is 35.5. The van der Waals surface area contributed by atoms with Crippen molar-refractivity contribution >= 4 is 51.9 Å². The van der Waals surface area contributed by atoms with Gasteiger partial charge >= 0.3 is 0 Å². The quantitative estimate of drug-likeness (QED) is 0.851. The Kier molecular flexibility index (Phi) is 4.14. The fraction of sp³-hybridized carbons (Fsp3) is 0. The number of benzene rings is 1. The standard InChI is InChI=1S/C11H7Cl2FN4S/c12-7-3-5(14)4-8(13)9(7)17-11-6(10(15)19)1-2-16-18-11/h1-4H,(H2,15,19)(H,17,18). The average Bonchev–Trinajstić information content (AvgIpc) is 2.34. The Balaban J connectivity index is 2.45. The minimum Gasteiger partial charge on any atom is -0.389 e. The summed E-state index contributed by atoms with van der Waals surface area (Å²) in [6.45, 7) is 0. The van der Waals surface area contributed by atoms with Crippen LogP contribution in [0.3, 0.4) is 0 Å². The molecule has 4 nitrogen and oxygen atoms in total. The zero-order valence-electron chi connectivity index (χ0n) is 9.32.